The second-order valence-electron chi connectivity index (χ2n) is 3.08. The van der Waals surface area contributed by atoms with Crippen molar-refractivity contribution in [3.63, 3.8) is 0 Å². The van der Waals surface area contributed by atoms with Gasteiger partial charge in [0.1, 0.15) is 0 Å². The quantitative estimate of drug-likeness (QED) is 0.831. The first-order chi connectivity index (χ1) is 6.66. The van der Waals surface area contributed by atoms with Crippen LogP contribution in [0.5, 0.6) is 0 Å². The monoisotopic (exact) mass is 259 g/mol. The maximum Gasteiger partial charge on any atom is 0.265 e. The van der Waals surface area contributed by atoms with Crippen molar-refractivity contribution in [1.82, 2.24) is 4.57 Å². The first kappa shape index (κ1) is 11.5. The van der Waals surface area contributed by atoms with Crippen molar-refractivity contribution in [3.05, 3.63) is 33.2 Å². The normalized spacial score (nSPS) is 12.8. The highest BCUT2D eigenvalue weighted by molar-refractivity contribution is 9.10. The molecule has 1 rings (SSSR count). The predicted octanol–water partition coefficient (Wildman–Crippen LogP) is 2.21. The molecule has 4 heteroatoms. The smallest absolute Gasteiger partial charge is 0.265 e. The molecule has 1 heterocycles. The van der Waals surface area contributed by atoms with Gasteiger partial charge in [0.15, 0.2) is 0 Å². The van der Waals surface area contributed by atoms with E-state index in [1.165, 1.54) is 0 Å². The van der Waals surface area contributed by atoms with Gasteiger partial charge in [-0.25, -0.2) is 0 Å². The Morgan fingerprint density at radius 2 is 2.36 bits per heavy atom. The van der Waals surface area contributed by atoms with E-state index in [0.717, 1.165) is 0 Å². The van der Waals surface area contributed by atoms with Crippen LogP contribution in [0, 0.1) is 0 Å². The Hall–Kier alpha value is -0.610. The van der Waals surface area contributed by atoms with Crippen molar-refractivity contribution >= 4 is 15.9 Å². The van der Waals surface area contributed by atoms with Gasteiger partial charge in [0.2, 0.25) is 0 Å². The predicted molar refractivity (Wildman–Crippen MR) is 59.6 cm³/mol. The molecule has 14 heavy (non-hydrogen) atoms. The minimum atomic E-state index is -0.0142. The molecule has 0 aliphatic carbocycles. The summed E-state index contributed by atoms with van der Waals surface area (Å²) >= 11 is 3.21. The van der Waals surface area contributed by atoms with E-state index < -0.39 is 0 Å². The van der Waals surface area contributed by atoms with Gasteiger partial charge >= 0.3 is 0 Å². The van der Waals surface area contributed by atoms with Crippen LogP contribution in [0.25, 0.3) is 0 Å². The fourth-order valence-corrected chi connectivity index (χ4v) is 1.56. The minimum absolute atomic E-state index is 0.0142. The summed E-state index contributed by atoms with van der Waals surface area (Å²) in [5, 5.41) is 0. The molecule has 0 saturated carbocycles. The Morgan fingerprint density at radius 3 is 3.00 bits per heavy atom. The van der Waals surface area contributed by atoms with Crippen LogP contribution in [0.4, 0.5) is 0 Å². The number of hydrogen-bond donors (Lipinski definition) is 0. The van der Waals surface area contributed by atoms with E-state index in [2.05, 4.69) is 15.9 Å². The van der Waals surface area contributed by atoms with E-state index in [0.29, 0.717) is 17.7 Å². The lowest BCUT2D eigenvalue weighted by molar-refractivity contribution is 0.117. The molecule has 0 aliphatic rings. The maximum absolute atomic E-state index is 11.6. The van der Waals surface area contributed by atoms with Crippen LogP contribution in [0.1, 0.15) is 19.9 Å². The first-order valence-electron chi connectivity index (χ1n) is 4.61. The van der Waals surface area contributed by atoms with Crippen LogP contribution in [-0.4, -0.2) is 17.8 Å². The van der Waals surface area contributed by atoms with Crippen LogP contribution >= 0.6 is 15.9 Å². The zero-order valence-electron chi connectivity index (χ0n) is 8.37. The number of pyridine rings is 1. The minimum Gasteiger partial charge on any atom is -0.380 e. The summed E-state index contributed by atoms with van der Waals surface area (Å²) in [6.07, 6.45) is 1.77. The summed E-state index contributed by atoms with van der Waals surface area (Å²) in [4.78, 5) is 11.6. The molecule has 1 aromatic heterocycles. The molecular weight excluding hydrogens is 246 g/mol. The number of halogens is 1. The van der Waals surface area contributed by atoms with Gasteiger partial charge in [-0.2, -0.15) is 0 Å². The zero-order valence-corrected chi connectivity index (χ0v) is 9.95. The first-order valence-corrected chi connectivity index (χ1v) is 5.40. The third kappa shape index (κ3) is 2.69. The number of hydrogen-bond acceptors (Lipinski definition) is 2. The van der Waals surface area contributed by atoms with Crippen LogP contribution in [0.15, 0.2) is 27.6 Å². The molecule has 0 N–H and O–H groups in total. The van der Waals surface area contributed by atoms with Gasteiger partial charge in [0.05, 0.1) is 17.1 Å². The van der Waals surface area contributed by atoms with Crippen LogP contribution in [0.2, 0.25) is 0 Å². The number of ether oxygens (including phenoxy) is 1. The van der Waals surface area contributed by atoms with E-state index >= 15 is 0 Å². The Bertz CT molecular complexity index is 348. The molecule has 0 amide bonds. The summed E-state index contributed by atoms with van der Waals surface area (Å²) in [5.41, 5.74) is -0.0142. The van der Waals surface area contributed by atoms with E-state index in [9.17, 15) is 4.79 Å². The molecule has 1 aromatic rings. The number of nitrogens with zero attached hydrogens (tertiary/aromatic N) is 1. The van der Waals surface area contributed by atoms with Gasteiger partial charge in [-0.1, -0.05) is 0 Å². The molecule has 0 radical (unpaired) electrons. The molecule has 0 spiro atoms. The molecular formula is C10H14BrNO2. The second-order valence-corrected chi connectivity index (χ2v) is 3.93. The summed E-state index contributed by atoms with van der Waals surface area (Å²) in [7, 11) is 0. The lowest BCUT2D eigenvalue weighted by atomic mass is 10.3. The highest BCUT2D eigenvalue weighted by atomic mass is 79.9. The highest BCUT2D eigenvalue weighted by Gasteiger charge is 2.07. The third-order valence-corrected chi connectivity index (χ3v) is 2.57. The topological polar surface area (TPSA) is 31.2 Å². The molecule has 78 valence electrons. The SMILES string of the molecule is CCOCC(C)n1cccc(Br)c1=O. The van der Waals surface area contributed by atoms with Gasteiger partial charge in [-0.05, 0) is 41.9 Å². The third-order valence-electron chi connectivity index (χ3n) is 1.97. The fraction of sp³-hybridized carbons (Fsp3) is 0.500. The van der Waals surface area contributed by atoms with Crippen LogP contribution in [0.3, 0.4) is 0 Å². The van der Waals surface area contributed by atoms with Crippen molar-refractivity contribution in [3.8, 4) is 0 Å². The van der Waals surface area contributed by atoms with Crippen molar-refractivity contribution < 1.29 is 4.74 Å². The summed E-state index contributed by atoms with van der Waals surface area (Å²) < 4.78 is 7.52. The van der Waals surface area contributed by atoms with E-state index in [1.807, 2.05) is 19.9 Å². The molecule has 0 aromatic carbocycles. The van der Waals surface area contributed by atoms with Gasteiger partial charge < -0.3 is 9.30 Å². The number of aromatic nitrogens is 1. The van der Waals surface area contributed by atoms with Gasteiger partial charge in [-0.15, -0.1) is 0 Å². The lowest BCUT2D eigenvalue weighted by Crippen LogP contribution is -2.25. The molecule has 1 unspecified atom stereocenters. The molecule has 0 saturated heterocycles. The molecule has 0 bridgehead atoms. The zero-order chi connectivity index (χ0) is 10.6. The highest BCUT2D eigenvalue weighted by Crippen LogP contribution is 2.06. The maximum atomic E-state index is 11.6. The van der Waals surface area contributed by atoms with Gasteiger partial charge in [0.25, 0.3) is 5.56 Å². The Labute approximate surface area is 91.8 Å². The van der Waals surface area contributed by atoms with Gasteiger partial charge in [0, 0.05) is 12.8 Å². The number of rotatable bonds is 4. The van der Waals surface area contributed by atoms with Gasteiger partial charge in [-0.3, -0.25) is 4.79 Å². The Morgan fingerprint density at radius 1 is 1.64 bits per heavy atom. The van der Waals surface area contributed by atoms with E-state index in [4.69, 9.17) is 4.74 Å². The van der Waals surface area contributed by atoms with E-state index in [1.54, 1.807) is 16.8 Å². The summed E-state index contributed by atoms with van der Waals surface area (Å²) in [5.74, 6) is 0. The largest absolute Gasteiger partial charge is 0.380 e. The molecule has 3 nitrogen and oxygen atoms in total. The molecule has 0 fully saturated rings. The average Bonchev–Trinajstić information content (AvgIpc) is 2.18. The summed E-state index contributed by atoms with van der Waals surface area (Å²) in [6, 6.07) is 3.65. The second kappa shape index (κ2) is 5.32. The fourth-order valence-electron chi connectivity index (χ4n) is 1.20. The van der Waals surface area contributed by atoms with Crippen molar-refractivity contribution in [2.75, 3.05) is 13.2 Å². The van der Waals surface area contributed by atoms with E-state index in [-0.39, 0.29) is 11.6 Å². The van der Waals surface area contributed by atoms with Crippen LogP contribution in [-0.2, 0) is 4.74 Å². The molecule has 1 atom stereocenters. The Balaban J connectivity index is 2.84. The average molecular weight is 260 g/mol. The van der Waals surface area contributed by atoms with Crippen molar-refractivity contribution in [2.24, 2.45) is 0 Å². The lowest BCUT2D eigenvalue weighted by Gasteiger charge is -2.14. The van der Waals surface area contributed by atoms with Crippen molar-refractivity contribution in [1.29, 1.82) is 0 Å². The standard InChI is InChI=1S/C10H14BrNO2/c1-3-14-7-8(2)12-6-4-5-9(11)10(12)13/h4-6,8H,3,7H2,1-2H3. The Kier molecular flexibility index (Phi) is 4.35. The summed E-state index contributed by atoms with van der Waals surface area (Å²) in [6.45, 7) is 5.14. The molecule has 0 aliphatic heterocycles. The van der Waals surface area contributed by atoms with Crippen molar-refractivity contribution in [2.45, 2.75) is 19.9 Å². The van der Waals surface area contributed by atoms with Crippen LogP contribution < -0.4 is 5.56 Å².